The van der Waals surface area contributed by atoms with Crippen LogP contribution in [0.4, 0.5) is 11.4 Å². The van der Waals surface area contributed by atoms with Gasteiger partial charge in [-0.15, -0.1) is 0 Å². The molecule has 2 rings (SSSR count). The Balaban J connectivity index is 2.24. The number of aromatic nitrogens is 2. The number of non-ortho nitro benzene ring substituents is 1. The predicted octanol–water partition coefficient (Wildman–Crippen LogP) is 1.95. The first-order valence-corrected chi connectivity index (χ1v) is 5.93. The Bertz CT molecular complexity index is 685. The third kappa shape index (κ3) is 3.30. The average Bonchev–Trinajstić information content (AvgIpc) is 2.48. The van der Waals surface area contributed by atoms with Gasteiger partial charge in [-0.3, -0.25) is 19.9 Å². The van der Waals surface area contributed by atoms with Crippen molar-refractivity contribution in [3.8, 4) is 5.75 Å². The van der Waals surface area contributed by atoms with E-state index in [1.165, 1.54) is 37.7 Å². The number of ether oxygens (including phenoxy) is 1. The van der Waals surface area contributed by atoms with Crippen LogP contribution in [0.15, 0.2) is 30.6 Å². The molecule has 8 heteroatoms. The van der Waals surface area contributed by atoms with E-state index >= 15 is 0 Å². The zero-order chi connectivity index (χ0) is 15.4. The highest BCUT2D eigenvalue weighted by Crippen LogP contribution is 2.29. The number of nitro benzene ring substituents is 1. The largest absolute Gasteiger partial charge is 0.494 e. The number of carbonyl (C=O) groups is 1. The molecule has 0 radical (unpaired) electrons. The lowest BCUT2D eigenvalue weighted by Crippen LogP contribution is -2.14. The Kier molecular flexibility index (Phi) is 4.07. The minimum atomic E-state index is -0.542. The van der Waals surface area contributed by atoms with E-state index in [1.807, 2.05) is 0 Å². The second kappa shape index (κ2) is 5.95. The standard InChI is InChI=1S/C13H12N4O4/c1-8-6-15-11(7-14-8)13(18)16-10-4-3-9(17(19)20)5-12(10)21-2/h3-7H,1-2H3,(H,16,18). The molecule has 2 aromatic rings. The van der Waals surface area contributed by atoms with E-state index in [0.29, 0.717) is 11.4 Å². The van der Waals surface area contributed by atoms with Crippen molar-refractivity contribution in [2.75, 3.05) is 12.4 Å². The quantitative estimate of drug-likeness (QED) is 0.680. The number of amides is 1. The number of nitro groups is 1. The fourth-order valence-electron chi connectivity index (χ4n) is 1.59. The van der Waals surface area contributed by atoms with Crippen LogP contribution in [0.1, 0.15) is 16.2 Å². The molecule has 8 nitrogen and oxygen atoms in total. The Hall–Kier alpha value is -3.03. The normalized spacial score (nSPS) is 10.0. The van der Waals surface area contributed by atoms with Crippen molar-refractivity contribution in [3.63, 3.8) is 0 Å². The van der Waals surface area contributed by atoms with Crippen LogP contribution in [0.2, 0.25) is 0 Å². The molecule has 0 bridgehead atoms. The summed E-state index contributed by atoms with van der Waals surface area (Å²) < 4.78 is 5.04. The number of benzene rings is 1. The molecule has 1 heterocycles. The maximum absolute atomic E-state index is 12.0. The van der Waals surface area contributed by atoms with Crippen LogP contribution in [-0.2, 0) is 0 Å². The van der Waals surface area contributed by atoms with Crippen molar-refractivity contribution in [1.82, 2.24) is 9.97 Å². The minimum Gasteiger partial charge on any atom is -0.494 e. The Morgan fingerprint density at radius 3 is 2.67 bits per heavy atom. The van der Waals surface area contributed by atoms with Crippen LogP contribution in [-0.4, -0.2) is 27.9 Å². The summed E-state index contributed by atoms with van der Waals surface area (Å²) in [6.45, 7) is 1.76. The monoisotopic (exact) mass is 288 g/mol. The molecular formula is C13H12N4O4. The van der Waals surface area contributed by atoms with Crippen LogP contribution < -0.4 is 10.1 Å². The summed E-state index contributed by atoms with van der Waals surface area (Å²) >= 11 is 0. The van der Waals surface area contributed by atoms with Crippen molar-refractivity contribution < 1.29 is 14.5 Å². The van der Waals surface area contributed by atoms with E-state index in [1.54, 1.807) is 6.92 Å². The second-order valence-corrected chi connectivity index (χ2v) is 4.14. The molecule has 108 valence electrons. The smallest absolute Gasteiger partial charge is 0.275 e. The predicted molar refractivity (Wildman–Crippen MR) is 74.4 cm³/mol. The first-order valence-electron chi connectivity index (χ1n) is 5.93. The topological polar surface area (TPSA) is 107 Å². The Morgan fingerprint density at radius 1 is 1.33 bits per heavy atom. The first-order chi connectivity index (χ1) is 10.0. The number of rotatable bonds is 4. The average molecular weight is 288 g/mol. The summed E-state index contributed by atoms with van der Waals surface area (Å²) in [7, 11) is 1.36. The van der Waals surface area contributed by atoms with E-state index in [2.05, 4.69) is 15.3 Å². The molecule has 0 unspecified atom stereocenters. The molecule has 0 atom stereocenters. The van der Waals surface area contributed by atoms with Gasteiger partial charge in [0.25, 0.3) is 11.6 Å². The summed E-state index contributed by atoms with van der Waals surface area (Å²) in [5.41, 5.74) is 1.02. The van der Waals surface area contributed by atoms with Gasteiger partial charge in [0.1, 0.15) is 11.4 Å². The lowest BCUT2D eigenvalue weighted by molar-refractivity contribution is -0.384. The summed E-state index contributed by atoms with van der Waals surface area (Å²) in [5.74, 6) is -0.285. The first kappa shape index (κ1) is 14.4. The number of hydrogen-bond acceptors (Lipinski definition) is 6. The van der Waals surface area contributed by atoms with Gasteiger partial charge < -0.3 is 10.1 Å². The van der Waals surface area contributed by atoms with Gasteiger partial charge in [-0.25, -0.2) is 4.98 Å². The SMILES string of the molecule is COc1cc([N+](=O)[O-])ccc1NC(=O)c1cnc(C)cn1. The Labute approximate surface area is 120 Å². The highest BCUT2D eigenvalue weighted by atomic mass is 16.6. The van der Waals surface area contributed by atoms with E-state index in [9.17, 15) is 14.9 Å². The van der Waals surface area contributed by atoms with Gasteiger partial charge in [-0.1, -0.05) is 0 Å². The summed E-state index contributed by atoms with van der Waals surface area (Å²) in [6, 6.07) is 3.91. The zero-order valence-corrected chi connectivity index (χ0v) is 11.4. The molecular weight excluding hydrogens is 276 g/mol. The third-order valence-electron chi connectivity index (χ3n) is 2.66. The molecule has 1 amide bonds. The Morgan fingerprint density at radius 2 is 2.10 bits per heavy atom. The highest BCUT2D eigenvalue weighted by molar-refractivity contribution is 6.03. The molecule has 0 spiro atoms. The number of anilines is 1. The molecule has 1 aromatic carbocycles. The van der Waals surface area contributed by atoms with Gasteiger partial charge in [-0.05, 0) is 13.0 Å². The van der Waals surface area contributed by atoms with Gasteiger partial charge in [0.15, 0.2) is 0 Å². The van der Waals surface area contributed by atoms with Crippen LogP contribution in [0.3, 0.4) is 0 Å². The van der Waals surface area contributed by atoms with Gasteiger partial charge in [0, 0.05) is 12.3 Å². The number of hydrogen-bond donors (Lipinski definition) is 1. The molecule has 0 fully saturated rings. The zero-order valence-electron chi connectivity index (χ0n) is 11.4. The molecule has 1 N–H and O–H groups in total. The van der Waals surface area contributed by atoms with Crippen LogP contribution in [0.5, 0.6) is 5.75 Å². The number of methoxy groups -OCH3 is 1. The molecule has 21 heavy (non-hydrogen) atoms. The van der Waals surface area contributed by atoms with Gasteiger partial charge >= 0.3 is 0 Å². The number of nitrogens with one attached hydrogen (secondary N) is 1. The molecule has 0 aliphatic heterocycles. The maximum atomic E-state index is 12.0. The molecule has 0 aliphatic rings. The summed E-state index contributed by atoms with van der Waals surface area (Å²) in [6.07, 6.45) is 2.82. The molecule has 0 aliphatic carbocycles. The summed E-state index contributed by atoms with van der Waals surface area (Å²) in [4.78, 5) is 30.1. The van der Waals surface area contributed by atoms with Crippen LogP contribution >= 0.6 is 0 Å². The number of nitrogens with zero attached hydrogens (tertiary/aromatic N) is 3. The third-order valence-corrected chi connectivity index (χ3v) is 2.66. The number of aryl methyl sites for hydroxylation is 1. The van der Waals surface area contributed by atoms with Gasteiger partial charge in [0.05, 0.1) is 35.7 Å². The van der Waals surface area contributed by atoms with Gasteiger partial charge in [0.2, 0.25) is 0 Å². The van der Waals surface area contributed by atoms with E-state index in [0.717, 1.165) is 0 Å². The molecule has 1 aromatic heterocycles. The molecule has 0 saturated carbocycles. The van der Waals surface area contributed by atoms with Crippen molar-refractivity contribution in [3.05, 3.63) is 52.1 Å². The lowest BCUT2D eigenvalue weighted by atomic mass is 10.2. The van der Waals surface area contributed by atoms with E-state index in [4.69, 9.17) is 4.74 Å². The van der Waals surface area contributed by atoms with Crippen molar-refractivity contribution >= 4 is 17.3 Å². The fraction of sp³-hybridized carbons (Fsp3) is 0.154. The van der Waals surface area contributed by atoms with Crippen molar-refractivity contribution in [2.24, 2.45) is 0 Å². The van der Waals surface area contributed by atoms with Crippen LogP contribution in [0.25, 0.3) is 0 Å². The number of carbonyl (C=O) groups excluding carboxylic acids is 1. The highest BCUT2D eigenvalue weighted by Gasteiger charge is 2.15. The van der Waals surface area contributed by atoms with Crippen molar-refractivity contribution in [1.29, 1.82) is 0 Å². The van der Waals surface area contributed by atoms with Crippen molar-refractivity contribution in [2.45, 2.75) is 6.92 Å². The van der Waals surface area contributed by atoms with E-state index in [-0.39, 0.29) is 17.1 Å². The maximum Gasteiger partial charge on any atom is 0.275 e. The second-order valence-electron chi connectivity index (χ2n) is 4.14. The fourth-order valence-corrected chi connectivity index (χ4v) is 1.59. The minimum absolute atomic E-state index is 0.125. The summed E-state index contributed by atoms with van der Waals surface area (Å²) in [5, 5.41) is 13.3. The van der Waals surface area contributed by atoms with Crippen LogP contribution in [0, 0.1) is 17.0 Å². The molecule has 0 saturated heterocycles. The lowest BCUT2D eigenvalue weighted by Gasteiger charge is -2.09. The van der Waals surface area contributed by atoms with E-state index < -0.39 is 10.8 Å². The van der Waals surface area contributed by atoms with Gasteiger partial charge in [-0.2, -0.15) is 0 Å².